The molecule has 0 saturated heterocycles. The maximum Gasteiger partial charge on any atom is 0.0615 e. The van der Waals surface area contributed by atoms with Gasteiger partial charge in [0.2, 0.25) is 0 Å². The lowest BCUT2D eigenvalue weighted by Crippen LogP contribution is -2.32. The summed E-state index contributed by atoms with van der Waals surface area (Å²) < 4.78 is 4.98. The first-order valence-corrected chi connectivity index (χ1v) is 3.41. The van der Waals surface area contributed by atoms with E-state index in [1.54, 1.807) is 7.11 Å². The largest absolute Gasteiger partial charge is 0.383 e. The summed E-state index contributed by atoms with van der Waals surface area (Å²) in [6.07, 6.45) is 0. The van der Waals surface area contributed by atoms with Crippen molar-refractivity contribution in [1.82, 2.24) is 4.90 Å². The molecule has 0 aromatic carbocycles. The average Bonchev–Trinajstić information content (AvgIpc) is 1.87. The van der Waals surface area contributed by atoms with Crippen LogP contribution in [-0.4, -0.2) is 38.3 Å². The van der Waals surface area contributed by atoms with Gasteiger partial charge in [0.1, 0.15) is 0 Å². The fourth-order valence-corrected chi connectivity index (χ4v) is 0.680. The summed E-state index contributed by atoms with van der Waals surface area (Å²) >= 11 is 0. The summed E-state index contributed by atoms with van der Waals surface area (Å²) in [5.74, 6) is 0. The molecule has 0 aromatic rings. The average molecular weight is 131 g/mol. The molecule has 2 heteroatoms. The molecule has 0 N–H and O–H groups in total. The second-order valence-electron chi connectivity index (χ2n) is 2.38. The van der Waals surface area contributed by atoms with Gasteiger partial charge in [-0.1, -0.05) is 6.92 Å². The molecule has 56 valence electrons. The van der Waals surface area contributed by atoms with Gasteiger partial charge in [0.15, 0.2) is 0 Å². The lowest BCUT2D eigenvalue weighted by molar-refractivity contribution is 0.119. The van der Waals surface area contributed by atoms with Crippen LogP contribution in [0.5, 0.6) is 0 Å². The van der Waals surface area contributed by atoms with Crippen LogP contribution in [0.3, 0.4) is 0 Å². The maximum atomic E-state index is 4.98. The second kappa shape index (κ2) is 4.77. The summed E-state index contributed by atoms with van der Waals surface area (Å²) in [6.45, 7) is 6.22. The fourth-order valence-electron chi connectivity index (χ4n) is 0.680. The highest BCUT2D eigenvalue weighted by Gasteiger charge is 2.04. The van der Waals surface area contributed by atoms with Crippen LogP contribution in [0.25, 0.3) is 0 Å². The summed E-state index contributed by atoms with van der Waals surface area (Å²) in [4.78, 5) is 2.25. The van der Waals surface area contributed by atoms with Crippen molar-refractivity contribution in [2.24, 2.45) is 0 Å². The zero-order chi connectivity index (χ0) is 7.28. The van der Waals surface area contributed by atoms with E-state index in [1.807, 2.05) is 0 Å². The first-order chi connectivity index (χ1) is 4.22. The van der Waals surface area contributed by atoms with E-state index in [-0.39, 0.29) is 0 Å². The van der Waals surface area contributed by atoms with Gasteiger partial charge < -0.3 is 9.64 Å². The number of rotatable bonds is 4. The van der Waals surface area contributed by atoms with E-state index in [0.29, 0.717) is 6.04 Å². The Bertz CT molecular complexity index is 65.9. The number of ether oxygens (including phenoxy) is 1. The van der Waals surface area contributed by atoms with Gasteiger partial charge in [-0.3, -0.25) is 0 Å². The van der Waals surface area contributed by atoms with Gasteiger partial charge in [-0.15, -0.1) is 0 Å². The van der Waals surface area contributed by atoms with Crippen molar-refractivity contribution in [3.8, 4) is 0 Å². The van der Waals surface area contributed by atoms with Crippen LogP contribution < -0.4 is 0 Å². The van der Waals surface area contributed by atoms with Crippen molar-refractivity contribution in [2.45, 2.75) is 19.9 Å². The third-order valence-electron chi connectivity index (χ3n) is 1.66. The van der Waals surface area contributed by atoms with Crippen molar-refractivity contribution >= 4 is 0 Å². The van der Waals surface area contributed by atoms with E-state index in [1.165, 1.54) is 0 Å². The molecular weight excluding hydrogens is 114 g/mol. The van der Waals surface area contributed by atoms with Crippen LogP contribution in [-0.2, 0) is 4.74 Å². The number of methoxy groups -OCH3 is 1. The molecule has 0 heterocycles. The normalized spacial score (nSPS) is 14.3. The molecule has 0 rings (SSSR count). The van der Waals surface area contributed by atoms with Gasteiger partial charge in [-0.25, -0.2) is 0 Å². The van der Waals surface area contributed by atoms with E-state index in [0.717, 1.165) is 13.2 Å². The number of hydrogen-bond donors (Lipinski definition) is 0. The third-order valence-corrected chi connectivity index (χ3v) is 1.66. The highest BCUT2D eigenvalue weighted by atomic mass is 16.5. The first-order valence-electron chi connectivity index (χ1n) is 3.41. The lowest BCUT2D eigenvalue weighted by atomic mass is 10.3. The highest BCUT2D eigenvalue weighted by Crippen LogP contribution is 1.93. The van der Waals surface area contributed by atoms with E-state index in [2.05, 4.69) is 25.8 Å². The molecule has 9 heavy (non-hydrogen) atoms. The van der Waals surface area contributed by atoms with E-state index >= 15 is 0 Å². The molecule has 0 unspecified atom stereocenters. The minimum absolute atomic E-state index is 0.542. The molecule has 0 saturated carbocycles. The third kappa shape index (κ3) is 3.49. The van der Waals surface area contributed by atoms with Crippen LogP contribution in [0.1, 0.15) is 13.8 Å². The summed E-state index contributed by atoms with van der Waals surface area (Å²) in [5, 5.41) is 0. The minimum atomic E-state index is 0.542. The molecule has 0 radical (unpaired) electrons. The molecule has 0 aromatic heterocycles. The predicted molar refractivity (Wildman–Crippen MR) is 39.6 cm³/mol. The molecule has 0 aliphatic rings. The standard InChI is InChI=1S/C7H17NO/c1-5-8(3)7(2)6-9-4/h7H,5-6H2,1-4H3/t7-/m1/s1. The molecule has 0 amide bonds. The van der Waals surface area contributed by atoms with Crippen LogP contribution in [0, 0.1) is 0 Å². The van der Waals surface area contributed by atoms with Crippen molar-refractivity contribution in [1.29, 1.82) is 0 Å². The lowest BCUT2D eigenvalue weighted by Gasteiger charge is -2.21. The summed E-state index contributed by atoms with van der Waals surface area (Å²) in [7, 11) is 3.84. The van der Waals surface area contributed by atoms with Gasteiger partial charge in [-0.2, -0.15) is 0 Å². The maximum absolute atomic E-state index is 4.98. The smallest absolute Gasteiger partial charge is 0.0615 e. The zero-order valence-corrected chi connectivity index (χ0v) is 6.85. The van der Waals surface area contributed by atoms with Crippen molar-refractivity contribution < 1.29 is 4.74 Å². The van der Waals surface area contributed by atoms with Crippen LogP contribution in [0.4, 0.5) is 0 Å². The molecule has 0 aliphatic heterocycles. The molecular formula is C7H17NO. The van der Waals surface area contributed by atoms with E-state index < -0.39 is 0 Å². The van der Waals surface area contributed by atoms with E-state index in [9.17, 15) is 0 Å². The van der Waals surface area contributed by atoms with Gasteiger partial charge in [0.25, 0.3) is 0 Å². The van der Waals surface area contributed by atoms with Crippen molar-refractivity contribution in [2.75, 3.05) is 27.3 Å². The molecule has 0 fully saturated rings. The van der Waals surface area contributed by atoms with Crippen molar-refractivity contribution in [3.63, 3.8) is 0 Å². The van der Waals surface area contributed by atoms with Gasteiger partial charge in [0.05, 0.1) is 6.61 Å². The second-order valence-corrected chi connectivity index (χ2v) is 2.38. The minimum Gasteiger partial charge on any atom is -0.383 e. The Morgan fingerprint density at radius 1 is 1.56 bits per heavy atom. The topological polar surface area (TPSA) is 12.5 Å². The Morgan fingerprint density at radius 2 is 2.11 bits per heavy atom. The van der Waals surface area contributed by atoms with Crippen molar-refractivity contribution in [3.05, 3.63) is 0 Å². The van der Waals surface area contributed by atoms with Gasteiger partial charge >= 0.3 is 0 Å². The number of nitrogens with zero attached hydrogens (tertiary/aromatic N) is 1. The SMILES string of the molecule is CCN(C)[C@H](C)COC. The summed E-state index contributed by atoms with van der Waals surface area (Å²) in [6, 6.07) is 0.542. The molecule has 0 bridgehead atoms. The molecule has 0 spiro atoms. The zero-order valence-electron chi connectivity index (χ0n) is 6.85. The van der Waals surface area contributed by atoms with Gasteiger partial charge in [-0.05, 0) is 20.5 Å². The van der Waals surface area contributed by atoms with Crippen LogP contribution in [0.15, 0.2) is 0 Å². The predicted octanol–water partition coefficient (Wildman–Crippen LogP) is 0.973. The molecule has 2 nitrogen and oxygen atoms in total. The number of hydrogen-bond acceptors (Lipinski definition) is 2. The highest BCUT2D eigenvalue weighted by molar-refractivity contribution is 4.58. The Kier molecular flexibility index (Phi) is 4.72. The molecule has 0 aliphatic carbocycles. The van der Waals surface area contributed by atoms with E-state index in [4.69, 9.17) is 4.74 Å². The van der Waals surface area contributed by atoms with Gasteiger partial charge in [0, 0.05) is 13.2 Å². The van der Waals surface area contributed by atoms with Crippen LogP contribution in [0.2, 0.25) is 0 Å². The fraction of sp³-hybridized carbons (Fsp3) is 1.00. The Morgan fingerprint density at radius 3 is 2.44 bits per heavy atom. The monoisotopic (exact) mass is 131 g/mol. The molecule has 1 atom stereocenters. The summed E-state index contributed by atoms with van der Waals surface area (Å²) in [5.41, 5.74) is 0. The quantitative estimate of drug-likeness (QED) is 0.563. The Hall–Kier alpha value is -0.0800. The Balaban J connectivity index is 3.32. The first kappa shape index (κ1) is 8.92. The Labute approximate surface area is 57.8 Å². The number of likely N-dealkylation sites (N-methyl/N-ethyl adjacent to an activating group) is 1. The van der Waals surface area contributed by atoms with Crippen LogP contribution >= 0.6 is 0 Å².